The molecule has 0 spiro atoms. The molecule has 0 bridgehead atoms. The van der Waals surface area contributed by atoms with E-state index in [-0.39, 0.29) is 35.2 Å². The van der Waals surface area contributed by atoms with Gasteiger partial charge in [0.1, 0.15) is 0 Å². The number of hydrogen-bond acceptors (Lipinski definition) is 4. The maximum atomic E-state index is 12.1. The van der Waals surface area contributed by atoms with Crippen LogP contribution in [0.15, 0.2) is 0 Å². The lowest BCUT2D eigenvalue weighted by Gasteiger charge is -2.32. The summed E-state index contributed by atoms with van der Waals surface area (Å²) in [6.07, 6.45) is 1.60. The predicted octanol–water partition coefficient (Wildman–Crippen LogP) is -0.855. The minimum atomic E-state index is -3.02. The van der Waals surface area contributed by atoms with Crippen molar-refractivity contribution in [1.82, 2.24) is 4.90 Å². The van der Waals surface area contributed by atoms with Crippen LogP contribution in [-0.2, 0) is 19.4 Å². The average Bonchev–Trinajstić information content (AvgIpc) is 2.69. The summed E-state index contributed by atoms with van der Waals surface area (Å²) in [6, 6.07) is 0. The standard InChI is InChI=1S/C11H18N2O4S/c12-10(14)8-1-4-13(5-2-8)11(15)9-3-6-18(16,17)7-9/h8-9H,1-7H2,(H2,12,14). The normalized spacial score (nSPS) is 28.2. The monoisotopic (exact) mass is 274 g/mol. The van der Waals surface area contributed by atoms with Gasteiger partial charge in [0, 0.05) is 19.0 Å². The first-order valence-electron chi connectivity index (χ1n) is 6.17. The van der Waals surface area contributed by atoms with Crippen molar-refractivity contribution < 1.29 is 18.0 Å². The van der Waals surface area contributed by atoms with Gasteiger partial charge in [0.25, 0.3) is 0 Å². The van der Waals surface area contributed by atoms with E-state index in [9.17, 15) is 18.0 Å². The molecular weight excluding hydrogens is 256 g/mol. The van der Waals surface area contributed by atoms with Crippen molar-refractivity contribution in [2.45, 2.75) is 19.3 Å². The first-order valence-corrected chi connectivity index (χ1v) is 8.00. The van der Waals surface area contributed by atoms with E-state index >= 15 is 0 Å². The highest BCUT2D eigenvalue weighted by molar-refractivity contribution is 7.91. The SMILES string of the molecule is NC(=O)C1CCN(C(=O)C2CCS(=O)(=O)C2)CC1. The van der Waals surface area contributed by atoms with E-state index in [4.69, 9.17) is 5.73 Å². The van der Waals surface area contributed by atoms with Crippen LogP contribution < -0.4 is 5.73 Å². The van der Waals surface area contributed by atoms with Gasteiger partial charge in [0.05, 0.1) is 17.4 Å². The fraction of sp³-hybridized carbons (Fsp3) is 0.818. The maximum absolute atomic E-state index is 12.1. The zero-order valence-electron chi connectivity index (χ0n) is 10.2. The fourth-order valence-electron chi connectivity index (χ4n) is 2.63. The third-order valence-corrected chi connectivity index (χ3v) is 5.56. The molecule has 2 rings (SSSR count). The zero-order valence-corrected chi connectivity index (χ0v) is 11.0. The average molecular weight is 274 g/mol. The summed E-state index contributed by atoms with van der Waals surface area (Å²) in [5.74, 6) is -0.853. The van der Waals surface area contributed by atoms with Gasteiger partial charge >= 0.3 is 0 Å². The quantitative estimate of drug-likeness (QED) is 0.709. The van der Waals surface area contributed by atoms with Gasteiger partial charge in [-0.25, -0.2) is 8.42 Å². The third kappa shape index (κ3) is 2.82. The van der Waals surface area contributed by atoms with Crippen LogP contribution in [0.25, 0.3) is 0 Å². The highest BCUT2D eigenvalue weighted by Crippen LogP contribution is 2.24. The lowest BCUT2D eigenvalue weighted by atomic mass is 9.95. The first-order chi connectivity index (χ1) is 8.39. The molecule has 2 aliphatic rings. The van der Waals surface area contributed by atoms with Gasteiger partial charge in [-0.15, -0.1) is 0 Å². The molecule has 6 nitrogen and oxygen atoms in total. The Bertz CT molecular complexity index is 452. The summed E-state index contributed by atoms with van der Waals surface area (Å²) >= 11 is 0. The minimum absolute atomic E-state index is 0.0262. The highest BCUT2D eigenvalue weighted by Gasteiger charge is 2.36. The van der Waals surface area contributed by atoms with Gasteiger partial charge in [-0.05, 0) is 19.3 Å². The smallest absolute Gasteiger partial charge is 0.226 e. The number of amides is 2. The summed E-state index contributed by atoms with van der Waals surface area (Å²) in [7, 11) is -3.02. The van der Waals surface area contributed by atoms with Crippen LogP contribution in [0.1, 0.15) is 19.3 Å². The number of primary amides is 1. The molecule has 1 atom stereocenters. The highest BCUT2D eigenvalue weighted by atomic mass is 32.2. The molecule has 2 saturated heterocycles. The van der Waals surface area contributed by atoms with E-state index in [0.717, 1.165) is 0 Å². The van der Waals surface area contributed by atoms with Crippen molar-refractivity contribution in [2.24, 2.45) is 17.6 Å². The van der Waals surface area contributed by atoms with E-state index in [0.29, 0.717) is 32.4 Å². The Morgan fingerprint density at radius 3 is 2.11 bits per heavy atom. The van der Waals surface area contributed by atoms with Crippen LogP contribution in [0, 0.1) is 11.8 Å². The van der Waals surface area contributed by atoms with Gasteiger partial charge in [-0.1, -0.05) is 0 Å². The summed E-state index contributed by atoms with van der Waals surface area (Å²) < 4.78 is 22.7. The lowest BCUT2D eigenvalue weighted by molar-refractivity contribution is -0.137. The molecule has 2 N–H and O–H groups in total. The maximum Gasteiger partial charge on any atom is 0.226 e. The van der Waals surface area contributed by atoms with Gasteiger partial charge in [0.15, 0.2) is 9.84 Å². The lowest BCUT2D eigenvalue weighted by Crippen LogP contribution is -2.44. The molecule has 18 heavy (non-hydrogen) atoms. The van der Waals surface area contributed by atoms with Gasteiger partial charge in [-0.2, -0.15) is 0 Å². The molecular formula is C11H18N2O4S. The van der Waals surface area contributed by atoms with E-state index in [1.807, 2.05) is 0 Å². The Kier molecular flexibility index (Phi) is 3.61. The number of carbonyl (C=O) groups excluding carboxylic acids is 2. The Morgan fingerprint density at radius 1 is 1.06 bits per heavy atom. The molecule has 0 radical (unpaired) electrons. The van der Waals surface area contributed by atoms with Crippen LogP contribution >= 0.6 is 0 Å². The molecule has 2 fully saturated rings. The van der Waals surface area contributed by atoms with Crippen LogP contribution in [-0.4, -0.2) is 49.7 Å². The molecule has 1 unspecified atom stereocenters. The molecule has 0 aromatic carbocycles. The van der Waals surface area contributed by atoms with E-state index in [1.54, 1.807) is 4.90 Å². The van der Waals surface area contributed by atoms with E-state index < -0.39 is 9.84 Å². The number of nitrogens with zero attached hydrogens (tertiary/aromatic N) is 1. The number of likely N-dealkylation sites (tertiary alicyclic amines) is 1. The molecule has 2 aliphatic heterocycles. The Balaban J connectivity index is 1.90. The summed E-state index contributed by atoms with van der Waals surface area (Å²) in [6.45, 7) is 1.01. The third-order valence-electron chi connectivity index (χ3n) is 3.79. The second kappa shape index (κ2) is 4.87. The Hall–Kier alpha value is -1.11. The number of rotatable bonds is 2. The van der Waals surface area contributed by atoms with Crippen LogP contribution in [0.5, 0.6) is 0 Å². The fourth-order valence-corrected chi connectivity index (χ4v) is 4.36. The van der Waals surface area contributed by atoms with Crippen molar-refractivity contribution >= 4 is 21.7 Å². The molecule has 2 amide bonds. The van der Waals surface area contributed by atoms with Gasteiger partial charge in [-0.3, -0.25) is 9.59 Å². The molecule has 0 aromatic heterocycles. The summed E-state index contributed by atoms with van der Waals surface area (Å²) in [4.78, 5) is 24.8. The van der Waals surface area contributed by atoms with Crippen molar-refractivity contribution in [1.29, 1.82) is 0 Å². The van der Waals surface area contributed by atoms with Crippen molar-refractivity contribution in [3.05, 3.63) is 0 Å². The number of sulfone groups is 1. The van der Waals surface area contributed by atoms with Crippen molar-refractivity contribution in [2.75, 3.05) is 24.6 Å². The number of piperidine rings is 1. The number of carbonyl (C=O) groups is 2. The van der Waals surface area contributed by atoms with E-state index in [2.05, 4.69) is 0 Å². The molecule has 0 aromatic rings. The van der Waals surface area contributed by atoms with Gasteiger partial charge in [0.2, 0.25) is 11.8 Å². The number of hydrogen-bond donors (Lipinski definition) is 1. The Labute approximate surface area is 106 Å². The number of nitrogens with two attached hydrogens (primary N) is 1. The first kappa shape index (κ1) is 13.3. The van der Waals surface area contributed by atoms with Crippen LogP contribution in [0.2, 0.25) is 0 Å². The summed E-state index contributed by atoms with van der Waals surface area (Å²) in [5, 5.41) is 0. The van der Waals surface area contributed by atoms with Gasteiger partial charge < -0.3 is 10.6 Å². The van der Waals surface area contributed by atoms with Crippen LogP contribution in [0.4, 0.5) is 0 Å². The second-order valence-electron chi connectivity index (χ2n) is 5.10. The van der Waals surface area contributed by atoms with Crippen LogP contribution in [0.3, 0.4) is 0 Å². The van der Waals surface area contributed by atoms with E-state index in [1.165, 1.54) is 0 Å². The zero-order chi connectivity index (χ0) is 13.3. The minimum Gasteiger partial charge on any atom is -0.369 e. The largest absolute Gasteiger partial charge is 0.369 e. The predicted molar refractivity (Wildman–Crippen MR) is 65.3 cm³/mol. The molecule has 7 heteroatoms. The molecule has 0 saturated carbocycles. The topological polar surface area (TPSA) is 97.5 Å². The Morgan fingerprint density at radius 2 is 1.67 bits per heavy atom. The van der Waals surface area contributed by atoms with Crippen molar-refractivity contribution in [3.8, 4) is 0 Å². The second-order valence-corrected chi connectivity index (χ2v) is 7.33. The molecule has 102 valence electrons. The molecule has 2 heterocycles. The summed E-state index contributed by atoms with van der Waals surface area (Å²) in [5.41, 5.74) is 5.22. The van der Waals surface area contributed by atoms with Crippen molar-refractivity contribution in [3.63, 3.8) is 0 Å². The molecule has 0 aliphatic carbocycles.